The second kappa shape index (κ2) is 5.56. The predicted octanol–water partition coefficient (Wildman–Crippen LogP) is 2.08. The van der Waals surface area contributed by atoms with Crippen molar-refractivity contribution in [1.82, 2.24) is 0 Å². The van der Waals surface area contributed by atoms with E-state index in [1.54, 1.807) is 45.0 Å². The van der Waals surface area contributed by atoms with Gasteiger partial charge in [0, 0.05) is 5.69 Å². The lowest BCUT2D eigenvalue weighted by Gasteiger charge is -2.19. The number of ether oxygens (including phenoxy) is 1. The van der Waals surface area contributed by atoms with Crippen molar-refractivity contribution in [1.29, 1.82) is 0 Å². The fraction of sp³-hybridized carbons (Fsp3) is 0.286. The monoisotopic (exact) mass is 263 g/mol. The fourth-order valence-corrected chi connectivity index (χ4v) is 1.30. The van der Waals surface area contributed by atoms with Gasteiger partial charge in [0.2, 0.25) is 0 Å². The number of rotatable bonds is 3. The van der Waals surface area contributed by atoms with Gasteiger partial charge in [0.05, 0.1) is 0 Å². The van der Waals surface area contributed by atoms with E-state index in [9.17, 15) is 9.59 Å². The van der Waals surface area contributed by atoms with Crippen LogP contribution in [-0.4, -0.2) is 22.6 Å². The highest BCUT2D eigenvalue weighted by atomic mass is 16.6. The zero-order valence-electron chi connectivity index (χ0n) is 11.1. The predicted molar refractivity (Wildman–Crippen MR) is 72.3 cm³/mol. The molecule has 0 aliphatic heterocycles. The summed E-state index contributed by atoms with van der Waals surface area (Å²) in [6.45, 7) is 5.02. The molecular formula is C14H17NO4. The van der Waals surface area contributed by atoms with Crippen molar-refractivity contribution >= 4 is 23.7 Å². The summed E-state index contributed by atoms with van der Waals surface area (Å²) in [6.07, 6.45) is 1.26. The van der Waals surface area contributed by atoms with Gasteiger partial charge in [-0.15, -0.1) is 0 Å². The van der Waals surface area contributed by atoms with Crippen molar-refractivity contribution in [3.8, 4) is 0 Å². The van der Waals surface area contributed by atoms with E-state index in [-0.39, 0.29) is 0 Å². The molecule has 0 bridgehead atoms. The Morgan fingerprint density at radius 3 is 2.16 bits per heavy atom. The number of esters is 1. The van der Waals surface area contributed by atoms with Crippen LogP contribution in [0.25, 0.3) is 6.08 Å². The Labute approximate surface area is 111 Å². The molecule has 19 heavy (non-hydrogen) atoms. The summed E-state index contributed by atoms with van der Waals surface area (Å²) in [6, 6.07) is 6.51. The molecule has 0 heterocycles. The van der Waals surface area contributed by atoms with Crippen LogP contribution in [0.4, 0.5) is 5.69 Å². The molecule has 0 unspecified atom stereocenters. The fourth-order valence-electron chi connectivity index (χ4n) is 1.30. The Kier molecular flexibility index (Phi) is 4.32. The van der Waals surface area contributed by atoms with Crippen LogP contribution in [0.5, 0.6) is 0 Å². The van der Waals surface area contributed by atoms with Crippen molar-refractivity contribution in [2.75, 3.05) is 5.73 Å². The lowest BCUT2D eigenvalue weighted by molar-refractivity contribution is -0.152. The number of nitrogen functional groups attached to an aromatic ring is 1. The molecule has 0 saturated heterocycles. The molecule has 0 atom stereocenters. The van der Waals surface area contributed by atoms with Crippen LogP contribution in [0.2, 0.25) is 0 Å². The van der Waals surface area contributed by atoms with Crippen LogP contribution in [0.1, 0.15) is 26.3 Å². The maximum absolute atomic E-state index is 11.8. The number of nitrogens with two attached hydrogens (primary N) is 1. The van der Waals surface area contributed by atoms with Crippen molar-refractivity contribution in [3.63, 3.8) is 0 Å². The highest BCUT2D eigenvalue weighted by Gasteiger charge is 2.24. The van der Waals surface area contributed by atoms with E-state index in [1.165, 1.54) is 6.08 Å². The normalized spacial score (nSPS) is 12.1. The van der Waals surface area contributed by atoms with Crippen LogP contribution in [0, 0.1) is 0 Å². The lowest BCUT2D eigenvalue weighted by atomic mass is 10.1. The minimum atomic E-state index is -1.33. The Balaban J connectivity index is 3.04. The smallest absolute Gasteiger partial charge is 0.346 e. The summed E-state index contributed by atoms with van der Waals surface area (Å²) in [4.78, 5) is 22.9. The second-order valence-electron chi connectivity index (χ2n) is 5.03. The van der Waals surface area contributed by atoms with E-state index in [1.807, 2.05) is 0 Å². The van der Waals surface area contributed by atoms with Crippen LogP contribution < -0.4 is 5.73 Å². The number of carboxylic acids is 1. The average Bonchev–Trinajstić information content (AvgIpc) is 2.25. The number of hydrogen-bond donors (Lipinski definition) is 2. The molecule has 0 aromatic heterocycles. The van der Waals surface area contributed by atoms with Gasteiger partial charge in [-0.1, -0.05) is 12.1 Å². The van der Waals surface area contributed by atoms with E-state index in [2.05, 4.69) is 0 Å². The summed E-state index contributed by atoms with van der Waals surface area (Å²) >= 11 is 0. The number of benzene rings is 1. The number of aliphatic carboxylic acids is 1. The number of carbonyl (C=O) groups is 2. The second-order valence-corrected chi connectivity index (χ2v) is 5.03. The topological polar surface area (TPSA) is 89.6 Å². The van der Waals surface area contributed by atoms with Crippen molar-refractivity contribution in [3.05, 3.63) is 35.4 Å². The molecule has 0 radical (unpaired) electrons. The van der Waals surface area contributed by atoms with E-state index >= 15 is 0 Å². The molecule has 0 spiro atoms. The summed E-state index contributed by atoms with van der Waals surface area (Å²) in [7, 11) is 0. The zero-order valence-corrected chi connectivity index (χ0v) is 11.1. The summed E-state index contributed by atoms with van der Waals surface area (Å²) < 4.78 is 5.04. The van der Waals surface area contributed by atoms with Gasteiger partial charge in [0.1, 0.15) is 11.2 Å². The van der Waals surface area contributed by atoms with Gasteiger partial charge in [-0.25, -0.2) is 9.59 Å². The van der Waals surface area contributed by atoms with E-state index in [4.69, 9.17) is 15.6 Å². The van der Waals surface area contributed by atoms with Crippen LogP contribution >= 0.6 is 0 Å². The van der Waals surface area contributed by atoms with Gasteiger partial charge >= 0.3 is 11.9 Å². The van der Waals surface area contributed by atoms with Crippen LogP contribution in [-0.2, 0) is 14.3 Å². The molecule has 1 aromatic rings. The molecule has 0 aliphatic carbocycles. The Morgan fingerprint density at radius 2 is 1.74 bits per heavy atom. The van der Waals surface area contributed by atoms with Gasteiger partial charge in [-0.3, -0.25) is 0 Å². The van der Waals surface area contributed by atoms with E-state index in [0.717, 1.165) is 0 Å². The lowest BCUT2D eigenvalue weighted by Crippen LogP contribution is -2.27. The van der Waals surface area contributed by atoms with Gasteiger partial charge < -0.3 is 15.6 Å². The third kappa shape index (κ3) is 4.83. The molecule has 1 rings (SSSR count). The number of carboxylic acid groups (broad SMARTS) is 1. The van der Waals surface area contributed by atoms with E-state index < -0.39 is 23.1 Å². The highest BCUT2D eigenvalue weighted by Crippen LogP contribution is 2.15. The first-order valence-electron chi connectivity index (χ1n) is 5.73. The third-order valence-corrected chi connectivity index (χ3v) is 2.10. The van der Waals surface area contributed by atoms with Gasteiger partial charge in [-0.2, -0.15) is 0 Å². The standard InChI is InChI=1S/C14H17NO4/c1-14(2,3)19-13(18)11(12(16)17)8-9-4-6-10(15)7-5-9/h4-8H,15H2,1-3H3,(H,16,17). The average molecular weight is 263 g/mol. The molecule has 0 fully saturated rings. The molecular weight excluding hydrogens is 246 g/mol. The number of anilines is 1. The molecule has 5 nitrogen and oxygen atoms in total. The maximum Gasteiger partial charge on any atom is 0.346 e. The summed E-state index contributed by atoms with van der Waals surface area (Å²) in [5.41, 5.74) is 5.50. The van der Waals surface area contributed by atoms with Gasteiger partial charge in [0.15, 0.2) is 0 Å². The highest BCUT2D eigenvalue weighted by molar-refractivity contribution is 6.17. The van der Waals surface area contributed by atoms with Crippen molar-refractivity contribution in [2.24, 2.45) is 0 Å². The quantitative estimate of drug-likeness (QED) is 0.286. The van der Waals surface area contributed by atoms with Gasteiger partial charge in [-0.05, 0) is 44.5 Å². The first kappa shape index (κ1) is 14.8. The number of carbonyl (C=O) groups excluding carboxylic acids is 1. The molecule has 102 valence electrons. The molecule has 0 amide bonds. The SMILES string of the molecule is CC(C)(C)OC(=O)C(=Cc1ccc(N)cc1)C(=O)O. The molecule has 0 aliphatic rings. The number of hydrogen-bond acceptors (Lipinski definition) is 4. The Hall–Kier alpha value is -2.30. The minimum Gasteiger partial charge on any atom is -0.477 e. The van der Waals surface area contributed by atoms with Crippen molar-refractivity contribution < 1.29 is 19.4 Å². The third-order valence-electron chi connectivity index (χ3n) is 2.10. The van der Waals surface area contributed by atoms with Crippen LogP contribution in [0.15, 0.2) is 29.8 Å². The first-order valence-corrected chi connectivity index (χ1v) is 5.73. The Morgan fingerprint density at radius 1 is 1.21 bits per heavy atom. The van der Waals surface area contributed by atoms with E-state index in [0.29, 0.717) is 11.3 Å². The first-order chi connectivity index (χ1) is 8.69. The largest absolute Gasteiger partial charge is 0.477 e. The molecule has 1 aromatic carbocycles. The molecule has 0 saturated carbocycles. The summed E-state index contributed by atoms with van der Waals surface area (Å²) in [5, 5.41) is 9.06. The van der Waals surface area contributed by atoms with Crippen molar-refractivity contribution in [2.45, 2.75) is 26.4 Å². The molecule has 5 heteroatoms. The minimum absolute atomic E-state index is 0.417. The maximum atomic E-state index is 11.8. The van der Waals surface area contributed by atoms with Gasteiger partial charge in [0.25, 0.3) is 0 Å². The molecule has 3 N–H and O–H groups in total. The Bertz CT molecular complexity index is 509. The van der Waals surface area contributed by atoms with Crippen LogP contribution in [0.3, 0.4) is 0 Å². The summed E-state index contributed by atoms with van der Waals surface area (Å²) in [5.74, 6) is -2.19. The zero-order chi connectivity index (χ0) is 14.6.